The van der Waals surface area contributed by atoms with Crippen LogP contribution in [0.15, 0.2) is 36.8 Å². The summed E-state index contributed by atoms with van der Waals surface area (Å²) in [6.07, 6.45) is 5.28. The molecule has 0 bridgehead atoms. The Labute approximate surface area is 153 Å². The van der Waals surface area contributed by atoms with Crippen LogP contribution in [-0.2, 0) is 6.61 Å². The molecule has 0 saturated heterocycles. The van der Waals surface area contributed by atoms with Gasteiger partial charge >= 0.3 is 0 Å². The van der Waals surface area contributed by atoms with Crippen LogP contribution in [0, 0.1) is 20.8 Å². The van der Waals surface area contributed by atoms with E-state index in [1.165, 1.54) is 0 Å². The van der Waals surface area contributed by atoms with E-state index < -0.39 is 0 Å². The first kappa shape index (κ1) is 17.7. The third-order valence-corrected chi connectivity index (χ3v) is 4.31. The number of anilines is 1. The average Bonchev–Trinajstić information content (AvgIpc) is 2.63. The molecule has 26 heavy (non-hydrogen) atoms. The van der Waals surface area contributed by atoms with E-state index >= 15 is 0 Å². The Bertz CT molecular complexity index is 927. The van der Waals surface area contributed by atoms with E-state index in [0.717, 1.165) is 39.4 Å². The largest absolute Gasteiger partial charge is 0.496 e. The summed E-state index contributed by atoms with van der Waals surface area (Å²) in [4.78, 5) is 12.9. The average molecular weight is 350 g/mol. The van der Waals surface area contributed by atoms with Crippen molar-refractivity contribution in [2.75, 3.05) is 12.8 Å². The van der Waals surface area contributed by atoms with E-state index in [1.807, 2.05) is 39.0 Å². The number of methoxy groups -OCH3 is 1. The molecule has 3 aromatic heterocycles. The molecule has 3 heterocycles. The minimum Gasteiger partial charge on any atom is -0.496 e. The van der Waals surface area contributed by atoms with Crippen molar-refractivity contribution in [3.05, 3.63) is 59.3 Å². The fourth-order valence-electron chi connectivity index (χ4n) is 2.91. The molecule has 3 aromatic rings. The Hall–Kier alpha value is -3.15. The van der Waals surface area contributed by atoms with Crippen LogP contribution in [0.1, 0.15) is 22.5 Å². The van der Waals surface area contributed by atoms with Crippen LogP contribution in [0.2, 0.25) is 0 Å². The van der Waals surface area contributed by atoms with Gasteiger partial charge in [0.15, 0.2) is 11.6 Å². The van der Waals surface area contributed by atoms with Gasteiger partial charge in [-0.25, -0.2) is 4.98 Å². The topological polar surface area (TPSA) is 83.2 Å². The van der Waals surface area contributed by atoms with Crippen molar-refractivity contribution in [3.63, 3.8) is 0 Å². The molecule has 0 aliphatic carbocycles. The number of hydrogen-bond donors (Lipinski definition) is 1. The second-order valence-electron chi connectivity index (χ2n) is 6.08. The summed E-state index contributed by atoms with van der Waals surface area (Å²) in [6.45, 7) is 6.14. The highest BCUT2D eigenvalue weighted by Gasteiger charge is 2.13. The Morgan fingerprint density at radius 3 is 2.54 bits per heavy atom. The summed E-state index contributed by atoms with van der Waals surface area (Å²) in [5.74, 6) is 1.71. The van der Waals surface area contributed by atoms with E-state index in [0.29, 0.717) is 11.6 Å². The second kappa shape index (κ2) is 7.39. The fraction of sp³-hybridized carbons (Fsp3) is 0.250. The Kier molecular flexibility index (Phi) is 5.02. The monoisotopic (exact) mass is 350 g/mol. The van der Waals surface area contributed by atoms with E-state index in [-0.39, 0.29) is 6.61 Å². The predicted molar refractivity (Wildman–Crippen MR) is 101 cm³/mol. The maximum absolute atomic E-state index is 6.06. The second-order valence-corrected chi connectivity index (χ2v) is 6.08. The summed E-state index contributed by atoms with van der Waals surface area (Å²) in [6, 6.07) is 5.77. The summed E-state index contributed by atoms with van der Waals surface area (Å²) in [5.41, 5.74) is 11.6. The molecule has 0 atom stereocenters. The molecule has 6 nitrogen and oxygen atoms in total. The maximum atomic E-state index is 6.06. The van der Waals surface area contributed by atoms with Gasteiger partial charge in [-0.3, -0.25) is 9.97 Å². The Morgan fingerprint density at radius 1 is 1.12 bits per heavy atom. The fourth-order valence-corrected chi connectivity index (χ4v) is 2.91. The zero-order chi connectivity index (χ0) is 18.7. The van der Waals surface area contributed by atoms with Crippen LogP contribution in [0.5, 0.6) is 11.5 Å². The maximum Gasteiger partial charge on any atom is 0.166 e. The highest BCUT2D eigenvalue weighted by atomic mass is 16.5. The minimum atomic E-state index is 0.285. The van der Waals surface area contributed by atoms with Gasteiger partial charge in [-0.2, -0.15) is 0 Å². The van der Waals surface area contributed by atoms with Gasteiger partial charge in [0.1, 0.15) is 12.4 Å². The molecule has 0 fully saturated rings. The van der Waals surface area contributed by atoms with Crippen molar-refractivity contribution >= 4 is 5.82 Å². The first-order valence-electron chi connectivity index (χ1n) is 8.30. The van der Waals surface area contributed by atoms with Gasteiger partial charge in [-0.05, 0) is 44.5 Å². The smallest absolute Gasteiger partial charge is 0.166 e. The number of nitrogens with zero attached hydrogens (tertiary/aromatic N) is 3. The third-order valence-electron chi connectivity index (χ3n) is 4.31. The van der Waals surface area contributed by atoms with E-state index in [2.05, 4.69) is 15.0 Å². The highest BCUT2D eigenvalue weighted by molar-refractivity contribution is 5.69. The van der Waals surface area contributed by atoms with E-state index in [9.17, 15) is 0 Å². The molecule has 0 radical (unpaired) electrons. The van der Waals surface area contributed by atoms with Crippen LogP contribution < -0.4 is 15.2 Å². The van der Waals surface area contributed by atoms with Crippen LogP contribution >= 0.6 is 0 Å². The van der Waals surface area contributed by atoms with Crippen molar-refractivity contribution in [1.29, 1.82) is 0 Å². The predicted octanol–water partition coefficient (Wildman–Crippen LogP) is 3.63. The number of rotatable bonds is 5. The zero-order valence-electron chi connectivity index (χ0n) is 15.4. The molecule has 0 aliphatic rings. The quantitative estimate of drug-likeness (QED) is 0.756. The number of nitrogen functional groups attached to an aromatic ring is 1. The lowest BCUT2D eigenvalue weighted by Crippen LogP contribution is -2.06. The summed E-state index contributed by atoms with van der Waals surface area (Å²) < 4.78 is 11.4. The van der Waals surface area contributed by atoms with Crippen molar-refractivity contribution in [2.45, 2.75) is 27.4 Å². The lowest BCUT2D eigenvalue weighted by atomic mass is 10.1. The molecule has 6 heteroatoms. The third kappa shape index (κ3) is 3.44. The molecular formula is C20H22N4O2. The molecule has 0 saturated carbocycles. The molecule has 0 amide bonds. The number of pyridine rings is 3. The number of aromatic nitrogens is 3. The van der Waals surface area contributed by atoms with Gasteiger partial charge in [0.25, 0.3) is 0 Å². The van der Waals surface area contributed by atoms with Gasteiger partial charge in [-0.15, -0.1) is 0 Å². The van der Waals surface area contributed by atoms with E-state index in [1.54, 1.807) is 25.7 Å². The summed E-state index contributed by atoms with van der Waals surface area (Å²) >= 11 is 0. The van der Waals surface area contributed by atoms with Crippen LogP contribution in [0.4, 0.5) is 5.82 Å². The van der Waals surface area contributed by atoms with Gasteiger partial charge in [0.05, 0.1) is 12.8 Å². The molecule has 0 aromatic carbocycles. The van der Waals surface area contributed by atoms with Crippen molar-refractivity contribution in [3.8, 4) is 22.6 Å². The normalized spacial score (nSPS) is 10.6. The van der Waals surface area contributed by atoms with E-state index in [4.69, 9.17) is 15.2 Å². The first-order chi connectivity index (χ1) is 12.5. The van der Waals surface area contributed by atoms with Gasteiger partial charge in [0, 0.05) is 41.0 Å². The highest BCUT2D eigenvalue weighted by Crippen LogP contribution is 2.31. The van der Waals surface area contributed by atoms with Crippen molar-refractivity contribution in [2.24, 2.45) is 0 Å². The standard InChI is InChI=1S/C20H22N4O2/c1-12-10-23-17(13(2)19(12)25-4)11-26-18-9-16(14(3)24-20(18)21)15-5-7-22-8-6-15/h5-10H,11H2,1-4H3,(H2,21,24). The molecule has 2 N–H and O–H groups in total. The van der Waals surface area contributed by atoms with Crippen molar-refractivity contribution < 1.29 is 9.47 Å². The van der Waals surface area contributed by atoms with Gasteiger partial charge in [-0.1, -0.05) is 0 Å². The molecule has 3 rings (SSSR count). The lowest BCUT2D eigenvalue weighted by Gasteiger charge is -2.15. The zero-order valence-corrected chi connectivity index (χ0v) is 15.4. The number of nitrogens with two attached hydrogens (primary N) is 1. The van der Waals surface area contributed by atoms with Gasteiger partial charge in [0.2, 0.25) is 0 Å². The number of aryl methyl sites for hydroxylation is 2. The molecule has 134 valence electrons. The molecular weight excluding hydrogens is 328 g/mol. The SMILES string of the molecule is COc1c(C)cnc(COc2cc(-c3ccncc3)c(C)nc2N)c1C. The Morgan fingerprint density at radius 2 is 1.85 bits per heavy atom. The molecule has 0 spiro atoms. The van der Waals surface area contributed by atoms with Crippen molar-refractivity contribution in [1.82, 2.24) is 15.0 Å². The first-order valence-corrected chi connectivity index (χ1v) is 8.30. The lowest BCUT2D eigenvalue weighted by molar-refractivity contribution is 0.299. The Balaban J connectivity index is 1.89. The van der Waals surface area contributed by atoms with Crippen LogP contribution in [0.25, 0.3) is 11.1 Å². The summed E-state index contributed by atoms with van der Waals surface area (Å²) in [7, 11) is 1.66. The summed E-state index contributed by atoms with van der Waals surface area (Å²) in [5, 5.41) is 0. The number of ether oxygens (including phenoxy) is 2. The molecule has 0 aliphatic heterocycles. The van der Waals surface area contributed by atoms with Crippen LogP contribution in [-0.4, -0.2) is 22.1 Å². The van der Waals surface area contributed by atoms with Gasteiger partial charge < -0.3 is 15.2 Å². The van der Waals surface area contributed by atoms with Crippen LogP contribution in [0.3, 0.4) is 0 Å². The minimum absolute atomic E-state index is 0.285. The molecule has 0 unspecified atom stereocenters. The number of hydrogen-bond acceptors (Lipinski definition) is 6.